The summed E-state index contributed by atoms with van der Waals surface area (Å²) < 4.78 is 10.6. The molecular weight excluding hydrogens is 312 g/mol. The summed E-state index contributed by atoms with van der Waals surface area (Å²) in [6.07, 6.45) is -0.671. The maximum absolute atomic E-state index is 10.7. The predicted molar refractivity (Wildman–Crippen MR) is 88.1 cm³/mol. The van der Waals surface area contributed by atoms with Crippen LogP contribution in [0.4, 0.5) is 5.69 Å². The molecule has 0 aliphatic heterocycles. The molecule has 0 saturated heterocycles. The van der Waals surface area contributed by atoms with Crippen molar-refractivity contribution in [3.63, 3.8) is 0 Å². The van der Waals surface area contributed by atoms with Crippen LogP contribution in [0.25, 0.3) is 0 Å². The first kappa shape index (κ1) is 17.7. The number of aliphatic hydroxyl groups is 1. The van der Waals surface area contributed by atoms with Crippen molar-refractivity contribution in [3.8, 4) is 11.5 Å². The van der Waals surface area contributed by atoms with Gasteiger partial charge in [-0.1, -0.05) is 18.2 Å². The van der Waals surface area contributed by atoms with Crippen LogP contribution >= 0.6 is 0 Å². The molecule has 0 unspecified atom stereocenters. The van der Waals surface area contributed by atoms with Gasteiger partial charge in [0, 0.05) is 11.6 Å². The van der Waals surface area contributed by atoms with Crippen molar-refractivity contribution in [1.82, 2.24) is 0 Å². The highest BCUT2D eigenvalue weighted by atomic mass is 16.6. The number of benzene rings is 2. The van der Waals surface area contributed by atoms with Crippen LogP contribution in [-0.4, -0.2) is 36.4 Å². The first-order valence-corrected chi connectivity index (χ1v) is 7.58. The van der Waals surface area contributed by atoms with Crippen molar-refractivity contribution in [3.05, 3.63) is 64.2 Å². The number of nitrogens with two attached hydrogens (primary N) is 1. The van der Waals surface area contributed by atoms with E-state index in [1.165, 1.54) is 12.1 Å². The fraction of sp³-hybridized carbons (Fsp3) is 0.294. The third kappa shape index (κ3) is 5.53. The molecule has 2 aromatic carbocycles. The Labute approximate surface area is 140 Å². The predicted octanol–water partition coefficient (Wildman–Crippen LogP) is 1.11. The molecule has 7 heteroatoms. The molecule has 128 valence electrons. The Balaban J connectivity index is 1.74. The summed E-state index contributed by atoms with van der Waals surface area (Å²) in [4.78, 5) is 10.2. The van der Waals surface area contributed by atoms with Gasteiger partial charge >= 0.3 is 0 Å². The zero-order valence-electron chi connectivity index (χ0n) is 13.4. The normalized spacial score (nSPS) is 11.8. The van der Waals surface area contributed by atoms with E-state index in [1.807, 2.05) is 29.6 Å². The Kier molecular flexibility index (Phi) is 6.53. The second kappa shape index (κ2) is 8.85. The van der Waals surface area contributed by atoms with E-state index >= 15 is 0 Å². The quantitative estimate of drug-likeness (QED) is 0.529. The average molecular weight is 333 g/mol. The van der Waals surface area contributed by atoms with Crippen LogP contribution in [0.2, 0.25) is 0 Å². The van der Waals surface area contributed by atoms with Crippen molar-refractivity contribution in [2.45, 2.75) is 12.6 Å². The minimum absolute atomic E-state index is 0.0356. The Morgan fingerprint density at radius 2 is 1.96 bits per heavy atom. The third-order valence-corrected chi connectivity index (χ3v) is 3.42. The monoisotopic (exact) mass is 333 g/mol. The molecule has 3 N–H and O–H groups in total. The second-order valence-corrected chi connectivity index (χ2v) is 5.30. The zero-order valence-corrected chi connectivity index (χ0v) is 13.4. The van der Waals surface area contributed by atoms with Crippen molar-refractivity contribution in [2.24, 2.45) is 0 Å². The maximum atomic E-state index is 10.7. The number of rotatable bonds is 9. The van der Waals surface area contributed by atoms with Crippen LogP contribution in [0, 0.1) is 10.1 Å². The van der Waals surface area contributed by atoms with E-state index in [1.54, 1.807) is 19.2 Å². The van der Waals surface area contributed by atoms with E-state index < -0.39 is 11.0 Å². The van der Waals surface area contributed by atoms with Crippen LogP contribution < -0.4 is 14.8 Å². The molecule has 0 amide bonds. The molecule has 2 aromatic rings. The number of non-ortho nitro benzene ring substituents is 1. The molecule has 0 aliphatic carbocycles. The highest BCUT2D eigenvalue weighted by Gasteiger charge is 2.10. The van der Waals surface area contributed by atoms with Gasteiger partial charge in [-0.05, 0) is 18.2 Å². The standard InChI is InChI=1S/C17H20N2O5/c1-23-16-6-2-4-13(8-16)10-18-11-15(20)12-24-17-7-3-5-14(9-17)19(21)22/h2-9,15,18,20H,10-12H2,1H3/p+1/t15-/m1/s1. The van der Waals surface area contributed by atoms with Gasteiger partial charge in [0.1, 0.15) is 37.3 Å². The van der Waals surface area contributed by atoms with Crippen molar-refractivity contribution < 1.29 is 24.8 Å². The average Bonchev–Trinajstić information content (AvgIpc) is 2.60. The lowest BCUT2D eigenvalue weighted by molar-refractivity contribution is -0.676. The summed E-state index contributed by atoms with van der Waals surface area (Å²) in [6, 6.07) is 13.6. The van der Waals surface area contributed by atoms with Gasteiger partial charge in [0.15, 0.2) is 0 Å². The number of nitro groups is 1. The minimum atomic E-state index is -0.671. The molecule has 24 heavy (non-hydrogen) atoms. The number of nitrogens with zero attached hydrogens (tertiary/aromatic N) is 1. The SMILES string of the molecule is COc1cccc(C[NH2+]C[C@@H](O)COc2cccc([N+](=O)[O-])c2)c1. The van der Waals surface area contributed by atoms with Crippen LogP contribution in [0.15, 0.2) is 48.5 Å². The summed E-state index contributed by atoms with van der Waals surface area (Å²) in [7, 11) is 1.62. The Morgan fingerprint density at radius 3 is 2.71 bits per heavy atom. The molecule has 0 saturated carbocycles. The largest absolute Gasteiger partial charge is 0.497 e. The van der Waals surface area contributed by atoms with E-state index in [9.17, 15) is 15.2 Å². The van der Waals surface area contributed by atoms with Crippen LogP contribution in [0.5, 0.6) is 11.5 Å². The van der Waals surface area contributed by atoms with Gasteiger partial charge in [-0.3, -0.25) is 10.1 Å². The molecule has 2 rings (SSSR count). The molecule has 0 heterocycles. The number of ether oxygens (including phenoxy) is 2. The number of hydrogen-bond acceptors (Lipinski definition) is 5. The van der Waals surface area contributed by atoms with Crippen molar-refractivity contribution in [1.29, 1.82) is 0 Å². The Bertz CT molecular complexity index is 678. The van der Waals surface area contributed by atoms with E-state index in [2.05, 4.69) is 0 Å². The summed E-state index contributed by atoms with van der Waals surface area (Å²) in [5.74, 6) is 1.17. The number of methoxy groups -OCH3 is 1. The molecule has 0 radical (unpaired) electrons. The van der Waals surface area contributed by atoms with E-state index in [4.69, 9.17) is 9.47 Å². The van der Waals surface area contributed by atoms with Gasteiger partial charge in [-0.25, -0.2) is 0 Å². The molecule has 7 nitrogen and oxygen atoms in total. The van der Waals surface area contributed by atoms with Crippen LogP contribution in [0.3, 0.4) is 0 Å². The molecule has 0 aliphatic rings. The van der Waals surface area contributed by atoms with Crippen molar-refractivity contribution >= 4 is 5.69 Å². The van der Waals surface area contributed by atoms with Gasteiger partial charge in [-0.2, -0.15) is 0 Å². The molecule has 0 aromatic heterocycles. The third-order valence-electron chi connectivity index (χ3n) is 3.42. The van der Waals surface area contributed by atoms with Gasteiger partial charge in [-0.15, -0.1) is 0 Å². The number of hydrogen-bond donors (Lipinski definition) is 2. The number of nitro benzene ring substituents is 1. The van der Waals surface area contributed by atoms with E-state index in [0.29, 0.717) is 18.8 Å². The molecule has 1 atom stereocenters. The smallest absolute Gasteiger partial charge is 0.273 e. The summed E-state index contributed by atoms with van der Waals surface area (Å²) in [6.45, 7) is 1.26. The Hall–Kier alpha value is -2.64. The fourth-order valence-corrected chi connectivity index (χ4v) is 2.19. The van der Waals surface area contributed by atoms with E-state index in [-0.39, 0.29) is 12.3 Å². The zero-order chi connectivity index (χ0) is 17.4. The van der Waals surface area contributed by atoms with Crippen molar-refractivity contribution in [2.75, 3.05) is 20.3 Å². The summed E-state index contributed by atoms with van der Waals surface area (Å²) in [5.41, 5.74) is 1.06. The molecular formula is C17H21N2O5+. The number of aliphatic hydroxyl groups excluding tert-OH is 1. The first-order chi connectivity index (χ1) is 11.6. The number of quaternary nitrogens is 1. The van der Waals surface area contributed by atoms with Crippen LogP contribution in [0.1, 0.15) is 5.56 Å². The van der Waals surface area contributed by atoms with E-state index in [0.717, 1.165) is 11.3 Å². The second-order valence-electron chi connectivity index (χ2n) is 5.30. The molecule has 0 bridgehead atoms. The first-order valence-electron chi connectivity index (χ1n) is 7.58. The maximum Gasteiger partial charge on any atom is 0.273 e. The minimum Gasteiger partial charge on any atom is -0.497 e. The van der Waals surface area contributed by atoms with Crippen LogP contribution in [-0.2, 0) is 6.54 Å². The lowest BCUT2D eigenvalue weighted by Crippen LogP contribution is -2.85. The fourth-order valence-electron chi connectivity index (χ4n) is 2.19. The summed E-state index contributed by atoms with van der Waals surface area (Å²) in [5, 5.41) is 22.6. The van der Waals surface area contributed by atoms with Gasteiger partial charge in [0.05, 0.1) is 18.1 Å². The van der Waals surface area contributed by atoms with Gasteiger partial charge in [0.2, 0.25) is 0 Å². The lowest BCUT2D eigenvalue weighted by atomic mass is 10.2. The summed E-state index contributed by atoms with van der Waals surface area (Å²) >= 11 is 0. The highest BCUT2D eigenvalue weighted by molar-refractivity contribution is 5.37. The lowest BCUT2D eigenvalue weighted by Gasteiger charge is -2.11. The highest BCUT2D eigenvalue weighted by Crippen LogP contribution is 2.19. The molecule has 0 fully saturated rings. The van der Waals surface area contributed by atoms with Gasteiger partial charge in [0.25, 0.3) is 5.69 Å². The van der Waals surface area contributed by atoms with Gasteiger partial charge < -0.3 is 19.9 Å². The Morgan fingerprint density at radius 1 is 1.21 bits per heavy atom. The topological polar surface area (TPSA) is 98.4 Å². The molecule has 0 spiro atoms.